The Morgan fingerprint density at radius 1 is 0.944 bits per heavy atom. The fraction of sp³-hybridized carbons (Fsp3) is 0.533. The van der Waals surface area contributed by atoms with Crippen LogP contribution in [0.2, 0.25) is 0 Å². The fourth-order valence-corrected chi connectivity index (χ4v) is 2.12. The quantitative estimate of drug-likeness (QED) is 0.379. The van der Waals surface area contributed by atoms with Gasteiger partial charge in [-0.1, -0.05) is 59.8 Å². The van der Waals surface area contributed by atoms with Crippen molar-refractivity contribution >= 4 is 21.9 Å². The number of hydrogen-bond donors (Lipinski definition) is 0. The first-order chi connectivity index (χ1) is 8.84. The number of ether oxygens (including phenoxy) is 1. The molecule has 0 spiro atoms. The molecule has 0 aliphatic carbocycles. The molecule has 100 valence electrons. The van der Waals surface area contributed by atoms with Crippen LogP contribution in [0.15, 0.2) is 30.3 Å². The largest absolute Gasteiger partial charge is 0.462 e. The van der Waals surface area contributed by atoms with Gasteiger partial charge in [0.05, 0.1) is 12.2 Å². The van der Waals surface area contributed by atoms with Crippen molar-refractivity contribution in [1.29, 1.82) is 0 Å². The van der Waals surface area contributed by atoms with Crippen LogP contribution >= 0.6 is 15.9 Å². The SMILES string of the molecule is O=C(OCCCCCCCCBr)c1ccccc1. The van der Waals surface area contributed by atoms with Gasteiger partial charge in [-0.25, -0.2) is 4.79 Å². The van der Waals surface area contributed by atoms with E-state index in [9.17, 15) is 4.79 Å². The number of unbranched alkanes of at least 4 members (excludes halogenated alkanes) is 5. The summed E-state index contributed by atoms with van der Waals surface area (Å²) in [5, 5.41) is 1.10. The average molecular weight is 313 g/mol. The van der Waals surface area contributed by atoms with Crippen molar-refractivity contribution in [3.63, 3.8) is 0 Å². The maximum Gasteiger partial charge on any atom is 0.338 e. The molecule has 2 nitrogen and oxygen atoms in total. The van der Waals surface area contributed by atoms with Gasteiger partial charge in [-0.3, -0.25) is 0 Å². The van der Waals surface area contributed by atoms with E-state index >= 15 is 0 Å². The highest BCUT2D eigenvalue weighted by molar-refractivity contribution is 9.09. The van der Waals surface area contributed by atoms with Crippen LogP contribution in [-0.4, -0.2) is 17.9 Å². The molecule has 0 aromatic heterocycles. The molecule has 1 aromatic carbocycles. The van der Waals surface area contributed by atoms with E-state index in [1.165, 1.54) is 25.7 Å². The van der Waals surface area contributed by atoms with Crippen molar-refractivity contribution in [2.75, 3.05) is 11.9 Å². The van der Waals surface area contributed by atoms with Gasteiger partial charge in [-0.2, -0.15) is 0 Å². The number of alkyl halides is 1. The van der Waals surface area contributed by atoms with E-state index in [1.807, 2.05) is 18.2 Å². The van der Waals surface area contributed by atoms with Gasteiger partial charge >= 0.3 is 5.97 Å². The minimum atomic E-state index is -0.213. The van der Waals surface area contributed by atoms with Gasteiger partial charge in [0.25, 0.3) is 0 Å². The van der Waals surface area contributed by atoms with Crippen molar-refractivity contribution < 1.29 is 9.53 Å². The Labute approximate surface area is 118 Å². The number of benzene rings is 1. The zero-order valence-corrected chi connectivity index (χ0v) is 12.3. The summed E-state index contributed by atoms with van der Waals surface area (Å²) in [6.45, 7) is 0.534. The molecule has 3 heteroatoms. The predicted molar refractivity (Wildman–Crippen MR) is 78.2 cm³/mol. The molecule has 0 saturated heterocycles. The summed E-state index contributed by atoms with van der Waals surface area (Å²) in [5.41, 5.74) is 0.634. The molecule has 0 N–H and O–H groups in total. The highest BCUT2D eigenvalue weighted by Gasteiger charge is 2.04. The van der Waals surface area contributed by atoms with Crippen molar-refractivity contribution in [2.45, 2.75) is 38.5 Å². The third-order valence-corrected chi connectivity index (χ3v) is 3.33. The summed E-state index contributed by atoms with van der Waals surface area (Å²) in [6, 6.07) is 9.15. The molecule has 0 bridgehead atoms. The van der Waals surface area contributed by atoms with Crippen LogP contribution in [0.4, 0.5) is 0 Å². The van der Waals surface area contributed by atoms with Crippen LogP contribution in [0, 0.1) is 0 Å². The predicted octanol–water partition coefficient (Wildman–Crippen LogP) is 4.58. The van der Waals surface area contributed by atoms with E-state index in [-0.39, 0.29) is 5.97 Å². The van der Waals surface area contributed by atoms with Gasteiger partial charge in [-0.15, -0.1) is 0 Å². The standard InChI is InChI=1S/C15H21BrO2/c16-12-8-3-1-2-4-9-13-18-15(17)14-10-6-5-7-11-14/h5-7,10-11H,1-4,8-9,12-13H2. The molecule has 0 saturated carbocycles. The molecule has 18 heavy (non-hydrogen) atoms. The lowest BCUT2D eigenvalue weighted by molar-refractivity contribution is 0.0497. The summed E-state index contributed by atoms with van der Waals surface area (Å²) in [4.78, 5) is 11.6. The summed E-state index contributed by atoms with van der Waals surface area (Å²) in [6.07, 6.45) is 7.16. The van der Waals surface area contributed by atoms with Crippen molar-refractivity contribution in [3.8, 4) is 0 Å². The Hall–Kier alpha value is -0.830. The normalized spacial score (nSPS) is 10.3. The van der Waals surface area contributed by atoms with Gasteiger partial charge in [0.2, 0.25) is 0 Å². The highest BCUT2D eigenvalue weighted by Crippen LogP contribution is 2.07. The van der Waals surface area contributed by atoms with E-state index in [2.05, 4.69) is 15.9 Å². The van der Waals surface area contributed by atoms with Gasteiger partial charge in [0.1, 0.15) is 0 Å². The minimum Gasteiger partial charge on any atom is -0.462 e. The number of halogens is 1. The Morgan fingerprint density at radius 3 is 2.22 bits per heavy atom. The van der Waals surface area contributed by atoms with Crippen LogP contribution in [-0.2, 0) is 4.74 Å². The maximum atomic E-state index is 11.6. The Kier molecular flexibility index (Phi) is 8.57. The molecule has 0 amide bonds. The van der Waals surface area contributed by atoms with E-state index in [1.54, 1.807) is 12.1 Å². The number of esters is 1. The molecule has 0 aliphatic heterocycles. The van der Waals surface area contributed by atoms with Crippen LogP contribution in [0.3, 0.4) is 0 Å². The summed E-state index contributed by atoms with van der Waals surface area (Å²) >= 11 is 3.42. The van der Waals surface area contributed by atoms with E-state index in [0.717, 1.165) is 18.2 Å². The summed E-state index contributed by atoms with van der Waals surface area (Å²) < 4.78 is 5.21. The van der Waals surface area contributed by atoms with E-state index in [0.29, 0.717) is 12.2 Å². The zero-order valence-electron chi connectivity index (χ0n) is 10.7. The van der Waals surface area contributed by atoms with Crippen LogP contribution in [0.1, 0.15) is 48.9 Å². The first-order valence-electron chi connectivity index (χ1n) is 6.62. The Morgan fingerprint density at radius 2 is 1.56 bits per heavy atom. The monoisotopic (exact) mass is 312 g/mol. The molecule has 0 unspecified atom stereocenters. The summed E-state index contributed by atoms with van der Waals surface area (Å²) in [7, 11) is 0. The smallest absolute Gasteiger partial charge is 0.338 e. The van der Waals surface area contributed by atoms with Gasteiger partial charge in [-0.05, 0) is 25.0 Å². The number of rotatable bonds is 9. The highest BCUT2D eigenvalue weighted by atomic mass is 79.9. The lowest BCUT2D eigenvalue weighted by atomic mass is 10.1. The maximum absolute atomic E-state index is 11.6. The first-order valence-corrected chi connectivity index (χ1v) is 7.75. The molecular weight excluding hydrogens is 292 g/mol. The van der Waals surface area contributed by atoms with E-state index in [4.69, 9.17) is 4.74 Å². The van der Waals surface area contributed by atoms with Crippen LogP contribution in [0.25, 0.3) is 0 Å². The molecule has 0 aliphatic rings. The van der Waals surface area contributed by atoms with Crippen molar-refractivity contribution in [3.05, 3.63) is 35.9 Å². The van der Waals surface area contributed by atoms with Crippen molar-refractivity contribution in [2.24, 2.45) is 0 Å². The van der Waals surface area contributed by atoms with Crippen LogP contribution in [0.5, 0.6) is 0 Å². The second kappa shape index (κ2) is 10.1. The number of hydrogen-bond acceptors (Lipinski definition) is 2. The third kappa shape index (κ3) is 6.80. The number of carbonyl (C=O) groups is 1. The first kappa shape index (κ1) is 15.2. The van der Waals surface area contributed by atoms with E-state index < -0.39 is 0 Å². The molecule has 0 atom stereocenters. The third-order valence-electron chi connectivity index (χ3n) is 2.77. The summed E-state index contributed by atoms with van der Waals surface area (Å²) in [5.74, 6) is -0.213. The average Bonchev–Trinajstić information content (AvgIpc) is 2.42. The topological polar surface area (TPSA) is 26.3 Å². The fourth-order valence-electron chi connectivity index (χ4n) is 1.73. The van der Waals surface area contributed by atoms with Gasteiger partial charge in [0, 0.05) is 5.33 Å². The molecule has 0 radical (unpaired) electrons. The Balaban J connectivity index is 2.00. The number of carbonyl (C=O) groups excluding carboxylic acids is 1. The molecule has 0 fully saturated rings. The lowest BCUT2D eigenvalue weighted by Crippen LogP contribution is -2.06. The van der Waals surface area contributed by atoms with Crippen molar-refractivity contribution in [1.82, 2.24) is 0 Å². The molecule has 1 rings (SSSR count). The molecule has 1 aromatic rings. The van der Waals surface area contributed by atoms with Gasteiger partial charge < -0.3 is 4.74 Å². The van der Waals surface area contributed by atoms with Gasteiger partial charge in [0.15, 0.2) is 0 Å². The Bertz CT molecular complexity index is 325. The second-order valence-corrected chi connectivity index (χ2v) is 5.11. The van der Waals surface area contributed by atoms with Crippen LogP contribution < -0.4 is 0 Å². The molecular formula is C15H21BrO2. The minimum absolute atomic E-state index is 0.213. The second-order valence-electron chi connectivity index (χ2n) is 4.31. The zero-order chi connectivity index (χ0) is 13.1. The lowest BCUT2D eigenvalue weighted by Gasteiger charge is -2.04. The molecule has 0 heterocycles.